The Balaban J connectivity index is 2.03. The Hall–Kier alpha value is -3.43. The van der Waals surface area contributed by atoms with E-state index in [-0.39, 0.29) is 31.9 Å². The number of benzene rings is 1. The molecule has 4 amide bonds. The second kappa shape index (κ2) is 11.8. The Morgan fingerprint density at radius 3 is 2.47 bits per heavy atom. The van der Waals surface area contributed by atoms with Crippen LogP contribution in [0.15, 0.2) is 30.3 Å². The number of rotatable bonds is 9. The molecular formula is C22H29N3O7. The molecule has 1 aromatic rings. The number of hydrogen-bond donors (Lipinski definition) is 2. The van der Waals surface area contributed by atoms with Crippen molar-refractivity contribution in [3.05, 3.63) is 35.9 Å². The lowest BCUT2D eigenvalue weighted by Gasteiger charge is -2.25. The van der Waals surface area contributed by atoms with Gasteiger partial charge in [-0.15, -0.1) is 0 Å². The van der Waals surface area contributed by atoms with Crippen LogP contribution in [0.1, 0.15) is 38.7 Å². The molecule has 1 fully saturated rings. The number of nitrogens with one attached hydrogen (secondary N) is 2. The van der Waals surface area contributed by atoms with Crippen LogP contribution in [0.2, 0.25) is 0 Å². The third-order valence-electron chi connectivity index (χ3n) is 4.89. The predicted molar refractivity (Wildman–Crippen MR) is 113 cm³/mol. The third-order valence-corrected chi connectivity index (χ3v) is 4.89. The van der Waals surface area contributed by atoms with Crippen LogP contribution in [-0.2, 0) is 35.3 Å². The third kappa shape index (κ3) is 7.07. The van der Waals surface area contributed by atoms with Crippen molar-refractivity contribution in [1.82, 2.24) is 15.5 Å². The van der Waals surface area contributed by atoms with Gasteiger partial charge in [0.1, 0.15) is 25.2 Å². The van der Waals surface area contributed by atoms with E-state index in [1.54, 1.807) is 24.3 Å². The van der Waals surface area contributed by atoms with E-state index >= 15 is 0 Å². The molecule has 0 aromatic heterocycles. The molecule has 0 saturated carbocycles. The van der Waals surface area contributed by atoms with Gasteiger partial charge in [0, 0.05) is 6.42 Å². The summed E-state index contributed by atoms with van der Waals surface area (Å²) in [6.45, 7) is 3.38. The van der Waals surface area contributed by atoms with Gasteiger partial charge in [-0.1, -0.05) is 44.2 Å². The maximum absolute atomic E-state index is 12.9. The van der Waals surface area contributed by atoms with Gasteiger partial charge in [-0.25, -0.2) is 9.69 Å². The normalized spacial score (nSPS) is 16.4. The van der Waals surface area contributed by atoms with E-state index in [0.29, 0.717) is 6.42 Å². The maximum atomic E-state index is 12.9. The van der Waals surface area contributed by atoms with E-state index in [1.807, 2.05) is 19.9 Å². The van der Waals surface area contributed by atoms with Gasteiger partial charge in [-0.05, 0) is 24.3 Å². The summed E-state index contributed by atoms with van der Waals surface area (Å²) >= 11 is 0. The molecule has 1 heterocycles. The van der Waals surface area contributed by atoms with Crippen molar-refractivity contribution < 1.29 is 33.4 Å². The standard InChI is InChI=1S/C22H29N3O7/c1-14(2)11-16(20(28)23-12-19(27)31-3)24-21(29)17-9-10-18(26)25(17)22(30)32-13-15-7-5-4-6-8-15/h4-8,14,16-17H,9-13H2,1-3H3,(H,23,28)(H,24,29). The first-order valence-corrected chi connectivity index (χ1v) is 10.4. The average Bonchev–Trinajstić information content (AvgIpc) is 3.17. The van der Waals surface area contributed by atoms with Crippen molar-refractivity contribution in [1.29, 1.82) is 0 Å². The van der Waals surface area contributed by atoms with Gasteiger partial charge in [-0.2, -0.15) is 0 Å². The number of likely N-dealkylation sites (tertiary alicyclic amines) is 1. The highest BCUT2D eigenvalue weighted by atomic mass is 16.6. The highest BCUT2D eigenvalue weighted by molar-refractivity contribution is 6.01. The quantitative estimate of drug-likeness (QED) is 0.543. The highest BCUT2D eigenvalue weighted by Crippen LogP contribution is 2.21. The van der Waals surface area contributed by atoms with E-state index in [2.05, 4.69) is 15.4 Å². The molecule has 0 spiro atoms. The first-order valence-electron chi connectivity index (χ1n) is 10.4. The predicted octanol–water partition coefficient (Wildman–Crippen LogP) is 1.13. The van der Waals surface area contributed by atoms with Crippen molar-refractivity contribution >= 4 is 29.8 Å². The molecule has 1 aliphatic heterocycles. The van der Waals surface area contributed by atoms with Gasteiger partial charge < -0.3 is 20.1 Å². The SMILES string of the molecule is COC(=O)CNC(=O)C(CC(C)C)NC(=O)C1CCC(=O)N1C(=O)OCc1ccccc1. The Morgan fingerprint density at radius 2 is 1.84 bits per heavy atom. The van der Waals surface area contributed by atoms with Crippen molar-refractivity contribution in [3.63, 3.8) is 0 Å². The van der Waals surface area contributed by atoms with E-state index < -0.39 is 41.9 Å². The molecule has 1 aliphatic rings. The Labute approximate surface area is 186 Å². The van der Waals surface area contributed by atoms with Crippen molar-refractivity contribution in [3.8, 4) is 0 Å². The van der Waals surface area contributed by atoms with Gasteiger partial charge in [0.2, 0.25) is 17.7 Å². The fraction of sp³-hybridized carbons (Fsp3) is 0.500. The van der Waals surface area contributed by atoms with Crippen molar-refractivity contribution in [2.24, 2.45) is 5.92 Å². The zero-order chi connectivity index (χ0) is 23.7. The monoisotopic (exact) mass is 447 g/mol. The number of ether oxygens (including phenoxy) is 2. The van der Waals surface area contributed by atoms with Crippen LogP contribution in [0.25, 0.3) is 0 Å². The smallest absolute Gasteiger partial charge is 0.417 e. The molecular weight excluding hydrogens is 418 g/mol. The van der Waals surface area contributed by atoms with E-state index in [0.717, 1.165) is 10.5 Å². The summed E-state index contributed by atoms with van der Waals surface area (Å²) < 4.78 is 9.71. The number of imide groups is 1. The molecule has 2 unspecified atom stereocenters. The van der Waals surface area contributed by atoms with Gasteiger partial charge >= 0.3 is 12.1 Å². The first kappa shape index (κ1) is 24.8. The van der Waals surface area contributed by atoms with Crippen LogP contribution in [0, 0.1) is 5.92 Å². The van der Waals surface area contributed by atoms with Crippen LogP contribution in [-0.4, -0.2) is 60.4 Å². The van der Waals surface area contributed by atoms with Crippen LogP contribution in [0.5, 0.6) is 0 Å². The number of nitrogens with zero attached hydrogens (tertiary/aromatic N) is 1. The molecule has 1 aromatic carbocycles. The van der Waals surface area contributed by atoms with E-state index in [1.165, 1.54) is 7.11 Å². The minimum atomic E-state index is -1.08. The summed E-state index contributed by atoms with van der Waals surface area (Å²) in [5.74, 6) is -2.27. The second-order valence-corrected chi connectivity index (χ2v) is 7.84. The highest BCUT2D eigenvalue weighted by Gasteiger charge is 2.42. The minimum Gasteiger partial charge on any atom is -0.468 e. The molecule has 2 rings (SSSR count). The largest absolute Gasteiger partial charge is 0.468 e. The zero-order valence-electron chi connectivity index (χ0n) is 18.5. The number of methoxy groups -OCH3 is 1. The van der Waals surface area contributed by atoms with Crippen LogP contribution in [0.4, 0.5) is 4.79 Å². The first-order chi connectivity index (χ1) is 15.2. The van der Waals surface area contributed by atoms with Gasteiger partial charge in [0.15, 0.2) is 0 Å². The van der Waals surface area contributed by atoms with E-state index in [9.17, 15) is 24.0 Å². The molecule has 174 valence electrons. The lowest BCUT2D eigenvalue weighted by Crippen LogP contribution is -2.54. The van der Waals surface area contributed by atoms with Crippen LogP contribution >= 0.6 is 0 Å². The molecule has 32 heavy (non-hydrogen) atoms. The molecule has 2 N–H and O–H groups in total. The summed E-state index contributed by atoms with van der Waals surface area (Å²) in [5.41, 5.74) is 0.743. The summed E-state index contributed by atoms with van der Waals surface area (Å²) in [6, 6.07) is 6.93. The van der Waals surface area contributed by atoms with E-state index in [4.69, 9.17) is 4.74 Å². The molecule has 1 saturated heterocycles. The van der Waals surface area contributed by atoms with Gasteiger partial charge in [-0.3, -0.25) is 19.2 Å². The average molecular weight is 447 g/mol. The fourth-order valence-electron chi connectivity index (χ4n) is 3.28. The van der Waals surface area contributed by atoms with Gasteiger partial charge in [0.05, 0.1) is 7.11 Å². The number of carbonyl (C=O) groups is 5. The summed E-state index contributed by atoms with van der Waals surface area (Å²) in [6.07, 6.45) is -0.463. The lowest BCUT2D eigenvalue weighted by molar-refractivity contribution is -0.141. The lowest BCUT2D eigenvalue weighted by atomic mass is 10.0. The molecule has 0 bridgehead atoms. The zero-order valence-corrected chi connectivity index (χ0v) is 18.5. The van der Waals surface area contributed by atoms with Crippen molar-refractivity contribution in [2.75, 3.05) is 13.7 Å². The molecule has 10 heteroatoms. The number of carbonyl (C=O) groups excluding carboxylic acids is 5. The maximum Gasteiger partial charge on any atom is 0.417 e. The summed E-state index contributed by atoms with van der Waals surface area (Å²) in [7, 11) is 1.20. The van der Waals surface area contributed by atoms with Gasteiger partial charge in [0.25, 0.3) is 0 Å². The number of hydrogen-bond acceptors (Lipinski definition) is 7. The van der Waals surface area contributed by atoms with Crippen LogP contribution in [0.3, 0.4) is 0 Å². The summed E-state index contributed by atoms with van der Waals surface area (Å²) in [5, 5.41) is 5.02. The molecule has 0 aliphatic carbocycles. The second-order valence-electron chi connectivity index (χ2n) is 7.84. The Kier molecular flexibility index (Phi) is 9.18. The van der Waals surface area contributed by atoms with Crippen molar-refractivity contribution in [2.45, 2.75) is 51.8 Å². The summed E-state index contributed by atoms with van der Waals surface area (Å²) in [4.78, 5) is 62.3. The Bertz CT molecular complexity index is 841. The molecule has 0 radical (unpaired) electrons. The minimum absolute atomic E-state index is 0.0158. The topological polar surface area (TPSA) is 131 Å². The molecule has 2 atom stereocenters. The number of amides is 4. The van der Waals surface area contributed by atoms with Crippen LogP contribution < -0.4 is 10.6 Å². The Morgan fingerprint density at radius 1 is 1.16 bits per heavy atom. The fourth-order valence-corrected chi connectivity index (χ4v) is 3.28. The number of esters is 1. The molecule has 10 nitrogen and oxygen atoms in total.